The lowest BCUT2D eigenvalue weighted by Crippen LogP contribution is -2.50. The van der Waals surface area contributed by atoms with Crippen LogP contribution in [0.5, 0.6) is 0 Å². The summed E-state index contributed by atoms with van der Waals surface area (Å²) in [6.45, 7) is 14.7. The number of carbonyl (C=O) groups excluding carboxylic acids is 2. The predicted molar refractivity (Wildman–Crippen MR) is 62.7 cm³/mol. The van der Waals surface area contributed by atoms with E-state index in [1.54, 1.807) is 6.92 Å². The lowest BCUT2D eigenvalue weighted by Gasteiger charge is -2.42. The second-order valence-corrected chi connectivity index (χ2v) is 6.51. The maximum Gasteiger partial charge on any atom is 0.151 e. The van der Waals surface area contributed by atoms with E-state index in [4.69, 9.17) is 0 Å². The van der Waals surface area contributed by atoms with Gasteiger partial charge in [-0.2, -0.15) is 0 Å². The van der Waals surface area contributed by atoms with E-state index in [1.807, 2.05) is 41.5 Å². The van der Waals surface area contributed by atoms with Crippen LogP contribution >= 0.6 is 0 Å². The summed E-state index contributed by atoms with van der Waals surface area (Å²) in [6.07, 6.45) is 0. The number of Topliss-reactive ketones (excluding diaryl/α,β-unsaturated/α-hetero) is 2. The zero-order chi connectivity index (χ0) is 12.7. The summed E-state index contributed by atoms with van der Waals surface area (Å²) in [6, 6.07) is 0. The van der Waals surface area contributed by atoms with E-state index < -0.39 is 10.8 Å². The maximum atomic E-state index is 12.4. The molecule has 0 rings (SSSR count). The summed E-state index contributed by atoms with van der Waals surface area (Å²) in [4.78, 5) is 24.1. The van der Waals surface area contributed by atoms with Gasteiger partial charge in [-0.15, -0.1) is 0 Å². The van der Waals surface area contributed by atoms with E-state index in [0.717, 1.165) is 0 Å². The molecule has 0 aliphatic rings. The van der Waals surface area contributed by atoms with Gasteiger partial charge in [0.1, 0.15) is 5.78 Å². The molecule has 1 atom stereocenters. The Bertz CT molecular complexity index is 276. The highest BCUT2D eigenvalue weighted by Crippen LogP contribution is 2.44. The molecule has 0 aromatic heterocycles. The van der Waals surface area contributed by atoms with Crippen LogP contribution < -0.4 is 0 Å². The highest BCUT2D eigenvalue weighted by atomic mass is 16.2. The Morgan fingerprint density at radius 1 is 0.800 bits per heavy atom. The van der Waals surface area contributed by atoms with Crippen LogP contribution in [0, 0.1) is 16.2 Å². The number of hydrogen-bond acceptors (Lipinski definition) is 2. The molecule has 88 valence electrons. The lowest BCUT2D eigenvalue weighted by molar-refractivity contribution is -0.151. The molecule has 0 N–H and O–H groups in total. The van der Waals surface area contributed by atoms with Crippen molar-refractivity contribution in [3.8, 4) is 0 Å². The first-order valence-electron chi connectivity index (χ1n) is 5.41. The Morgan fingerprint density at radius 2 is 1.13 bits per heavy atom. The van der Waals surface area contributed by atoms with Gasteiger partial charge in [0.05, 0.1) is 5.41 Å². The summed E-state index contributed by atoms with van der Waals surface area (Å²) < 4.78 is 0. The van der Waals surface area contributed by atoms with Crippen molar-refractivity contribution in [3.63, 3.8) is 0 Å². The molecule has 0 aliphatic heterocycles. The topological polar surface area (TPSA) is 34.1 Å². The predicted octanol–water partition coefficient (Wildman–Crippen LogP) is 3.24. The van der Waals surface area contributed by atoms with Gasteiger partial charge in [-0.3, -0.25) is 9.59 Å². The Morgan fingerprint density at radius 3 is 1.20 bits per heavy atom. The van der Waals surface area contributed by atoms with Gasteiger partial charge in [0.15, 0.2) is 5.78 Å². The van der Waals surface area contributed by atoms with Gasteiger partial charge in [-0.05, 0) is 19.3 Å². The molecule has 0 aliphatic carbocycles. The molecule has 0 spiro atoms. The summed E-state index contributed by atoms with van der Waals surface area (Å²) in [5.41, 5.74) is -1.72. The minimum Gasteiger partial charge on any atom is -0.299 e. The Labute approximate surface area is 93.4 Å². The van der Waals surface area contributed by atoms with Crippen molar-refractivity contribution in [1.82, 2.24) is 0 Å². The molecule has 0 aromatic carbocycles. The average molecular weight is 212 g/mol. The molecule has 15 heavy (non-hydrogen) atoms. The number of carbonyl (C=O) groups is 2. The van der Waals surface area contributed by atoms with Crippen LogP contribution in [0.4, 0.5) is 0 Å². The summed E-state index contributed by atoms with van der Waals surface area (Å²) in [5, 5.41) is 0. The number of rotatable bonds is 2. The van der Waals surface area contributed by atoms with Crippen molar-refractivity contribution >= 4 is 11.6 Å². The van der Waals surface area contributed by atoms with Gasteiger partial charge in [-0.1, -0.05) is 41.5 Å². The number of ketones is 2. The third kappa shape index (κ3) is 2.47. The molecule has 0 heterocycles. The SMILES string of the molecule is CC(=O)C(C)(C(=O)C(C)(C)C)C(C)(C)C. The van der Waals surface area contributed by atoms with Gasteiger partial charge in [0.2, 0.25) is 0 Å². The van der Waals surface area contributed by atoms with Gasteiger partial charge in [0.25, 0.3) is 0 Å². The first-order chi connectivity index (χ1) is 6.35. The van der Waals surface area contributed by atoms with E-state index >= 15 is 0 Å². The normalized spacial score (nSPS) is 17.1. The third-order valence-electron chi connectivity index (χ3n) is 3.34. The second kappa shape index (κ2) is 3.73. The maximum absolute atomic E-state index is 12.4. The fraction of sp³-hybridized carbons (Fsp3) is 0.846. The van der Waals surface area contributed by atoms with E-state index in [1.165, 1.54) is 6.92 Å². The van der Waals surface area contributed by atoms with Gasteiger partial charge in [-0.25, -0.2) is 0 Å². The van der Waals surface area contributed by atoms with Crippen molar-refractivity contribution < 1.29 is 9.59 Å². The molecule has 0 saturated heterocycles. The molecular formula is C13H24O2. The quantitative estimate of drug-likeness (QED) is 0.658. The molecule has 0 aromatic rings. The molecule has 1 unspecified atom stereocenters. The first kappa shape index (κ1) is 14.3. The van der Waals surface area contributed by atoms with Gasteiger partial charge in [0, 0.05) is 5.41 Å². The van der Waals surface area contributed by atoms with Crippen molar-refractivity contribution in [1.29, 1.82) is 0 Å². The van der Waals surface area contributed by atoms with Crippen LogP contribution in [0.1, 0.15) is 55.4 Å². The van der Waals surface area contributed by atoms with E-state index in [2.05, 4.69) is 0 Å². The molecule has 0 saturated carbocycles. The molecule has 2 nitrogen and oxygen atoms in total. The smallest absolute Gasteiger partial charge is 0.151 e. The fourth-order valence-electron chi connectivity index (χ4n) is 1.78. The largest absolute Gasteiger partial charge is 0.299 e. The molecular weight excluding hydrogens is 188 g/mol. The van der Waals surface area contributed by atoms with Crippen LogP contribution in [0.2, 0.25) is 0 Å². The molecule has 2 heteroatoms. The minimum atomic E-state index is -0.898. The summed E-state index contributed by atoms with van der Waals surface area (Å²) >= 11 is 0. The van der Waals surface area contributed by atoms with E-state index in [9.17, 15) is 9.59 Å². The lowest BCUT2D eigenvalue weighted by atomic mass is 9.58. The highest BCUT2D eigenvalue weighted by molar-refractivity contribution is 6.08. The molecule has 0 amide bonds. The summed E-state index contributed by atoms with van der Waals surface area (Å²) in [7, 11) is 0. The average Bonchev–Trinajstić information content (AvgIpc) is 1.97. The Kier molecular flexibility index (Phi) is 3.56. The van der Waals surface area contributed by atoms with Crippen LogP contribution in [0.15, 0.2) is 0 Å². The van der Waals surface area contributed by atoms with Crippen molar-refractivity contribution in [2.24, 2.45) is 16.2 Å². The van der Waals surface area contributed by atoms with Crippen molar-refractivity contribution in [2.45, 2.75) is 55.4 Å². The Balaban J connectivity index is 5.55. The zero-order valence-electron chi connectivity index (χ0n) is 11.3. The van der Waals surface area contributed by atoms with Crippen LogP contribution in [-0.4, -0.2) is 11.6 Å². The standard InChI is InChI=1S/C13H24O2/c1-9(14)13(8,12(5,6)7)10(15)11(2,3)4/h1-8H3. The molecule has 0 radical (unpaired) electrons. The summed E-state index contributed by atoms with van der Waals surface area (Å²) in [5.74, 6) is -0.0232. The fourth-order valence-corrected chi connectivity index (χ4v) is 1.78. The highest BCUT2D eigenvalue weighted by Gasteiger charge is 2.51. The van der Waals surface area contributed by atoms with Gasteiger partial charge >= 0.3 is 0 Å². The van der Waals surface area contributed by atoms with E-state index in [-0.39, 0.29) is 17.0 Å². The van der Waals surface area contributed by atoms with Crippen LogP contribution in [0.3, 0.4) is 0 Å². The molecule has 0 bridgehead atoms. The van der Waals surface area contributed by atoms with Crippen molar-refractivity contribution in [3.05, 3.63) is 0 Å². The number of hydrogen-bond donors (Lipinski definition) is 0. The second-order valence-electron chi connectivity index (χ2n) is 6.51. The van der Waals surface area contributed by atoms with Crippen molar-refractivity contribution in [2.75, 3.05) is 0 Å². The van der Waals surface area contributed by atoms with Crippen LogP contribution in [-0.2, 0) is 9.59 Å². The zero-order valence-corrected chi connectivity index (χ0v) is 11.3. The van der Waals surface area contributed by atoms with E-state index in [0.29, 0.717) is 0 Å². The van der Waals surface area contributed by atoms with Gasteiger partial charge < -0.3 is 0 Å². The monoisotopic (exact) mass is 212 g/mol. The molecule has 0 fully saturated rings. The van der Waals surface area contributed by atoms with Crippen LogP contribution in [0.25, 0.3) is 0 Å². The minimum absolute atomic E-state index is 0.0231. The Hall–Kier alpha value is -0.660. The first-order valence-corrected chi connectivity index (χ1v) is 5.41. The third-order valence-corrected chi connectivity index (χ3v) is 3.34.